The zero-order valence-electron chi connectivity index (χ0n) is 8.26. The molecule has 70 valence electrons. The quantitative estimate of drug-likeness (QED) is 0.677. The van der Waals surface area contributed by atoms with Gasteiger partial charge in [0.15, 0.2) is 0 Å². The summed E-state index contributed by atoms with van der Waals surface area (Å²) in [7, 11) is 0. The first-order valence-electron chi connectivity index (χ1n) is 4.89. The molecule has 2 aliphatic rings. The summed E-state index contributed by atoms with van der Waals surface area (Å²) in [5.41, 5.74) is 6.94. The van der Waals surface area contributed by atoms with Crippen molar-refractivity contribution in [2.75, 3.05) is 12.3 Å². The van der Waals surface area contributed by atoms with Gasteiger partial charge in [-0.25, -0.2) is 0 Å². The first kappa shape index (κ1) is 8.89. The van der Waals surface area contributed by atoms with Gasteiger partial charge in [0.05, 0.1) is 0 Å². The highest BCUT2D eigenvalue weighted by atomic mass is 32.2. The summed E-state index contributed by atoms with van der Waals surface area (Å²) in [5, 5.41) is 0.834. The fourth-order valence-electron chi connectivity index (χ4n) is 3.57. The maximum absolute atomic E-state index is 5.82. The van der Waals surface area contributed by atoms with Gasteiger partial charge in [-0.15, -0.1) is 0 Å². The molecule has 2 N–H and O–H groups in total. The molecule has 0 aromatic rings. The molecule has 0 aromatic heterocycles. The zero-order valence-corrected chi connectivity index (χ0v) is 9.08. The Hall–Kier alpha value is 0.310. The Morgan fingerprint density at radius 3 is 2.50 bits per heavy atom. The second-order valence-electron chi connectivity index (χ2n) is 4.81. The van der Waals surface area contributed by atoms with Crippen molar-refractivity contribution in [3.63, 3.8) is 0 Å². The molecule has 1 spiro atoms. The molecule has 1 aliphatic heterocycles. The van der Waals surface area contributed by atoms with Crippen LogP contribution in [0, 0.1) is 16.7 Å². The molecule has 1 nitrogen and oxygen atoms in total. The summed E-state index contributed by atoms with van der Waals surface area (Å²) in [6, 6.07) is 0. The average Bonchev–Trinajstić information content (AvgIpc) is 2.33. The van der Waals surface area contributed by atoms with Gasteiger partial charge in [-0.3, -0.25) is 0 Å². The Morgan fingerprint density at radius 2 is 2.17 bits per heavy atom. The lowest BCUT2D eigenvalue weighted by atomic mass is 9.90. The van der Waals surface area contributed by atoms with E-state index in [2.05, 4.69) is 32.5 Å². The summed E-state index contributed by atoms with van der Waals surface area (Å²) >= 11 is 2.13. The first-order valence-corrected chi connectivity index (χ1v) is 5.94. The van der Waals surface area contributed by atoms with Crippen molar-refractivity contribution in [1.29, 1.82) is 0 Å². The third kappa shape index (κ3) is 0.759. The standard InChI is InChI=1S/C10H19NS/c1-7-10(4-5-12-7)8(6-11)9(10,2)3/h7-8H,4-6,11H2,1-3H3. The number of hydrogen-bond donors (Lipinski definition) is 1. The smallest absolute Gasteiger partial charge is 0.00840 e. The summed E-state index contributed by atoms with van der Waals surface area (Å²) in [6.45, 7) is 8.06. The summed E-state index contributed by atoms with van der Waals surface area (Å²) in [5.74, 6) is 2.14. The van der Waals surface area contributed by atoms with E-state index in [0.717, 1.165) is 17.7 Å². The third-order valence-electron chi connectivity index (χ3n) is 4.45. The molecule has 2 fully saturated rings. The molecule has 2 rings (SSSR count). The maximum atomic E-state index is 5.82. The Kier molecular flexibility index (Phi) is 1.79. The largest absolute Gasteiger partial charge is 0.330 e. The molecule has 3 atom stereocenters. The molecule has 3 unspecified atom stereocenters. The van der Waals surface area contributed by atoms with Gasteiger partial charge in [0.2, 0.25) is 0 Å². The van der Waals surface area contributed by atoms with E-state index in [1.807, 2.05) is 0 Å². The molecule has 2 heteroatoms. The molecule has 1 saturated carbocycles. The van der Waals surface area contributed by atoms with Crippen LogP contribution < -0.4 is 5.73 Å². The molecule has 0 bridgehead atoms. The van der Waals surface area contributed by atoms with Crippen molar-refractivity contribution < 1.29 is 0 Å². The second-order valence-corrected chi connectivity index (χ2v) is 6.26. The van der Waals surface area contributed by atoms with E-state index in [1.54, 1.807) is 0 Å². The van der Waals surface area contributed by atoms with Crippen molar-refractivity contribution in [3.8, 4) is 0 Å². The van der Waals surface area contributed by atoms with Crippen molar-refractivity contribution in [1.82, 2.24) is 0 Å². The van der Waals surface area contributed by atoms with Gasteiger partial charge in [0, 0.05) is 5.25 Å². The monoisotopic (exact) mass is 185 g/mol. The number of thioether (sulfide) groups is 1. The maximum Gasteiger partial charge on any atom is 0.00840 e. The molecule has 1 saturated heterocycles. The van der Waals surface area contributed by atoms with Crippen LogP contribution in [0.25, 0.3) is 0 Å². The lowest BCUT2D eigenvalue weighted by Gasteiger charge is -2.17. The Morgan fingerprint density at radius 1 is 1.50 bits per heavy atom. The van der Waals surface area contributed by atoms with E-state index >= 15 is 0 Å². The van der Waals surface area contributed by atoms with Crippen LogP contribution in [-0.2, 0) is 0 Å². The van der Waals surface area contributed by atoms with Crippen molar-refractivity contribution in [3.05, 3.63) is 0 Å². The summed E-state index contributed by atoms with van der Waals surface area (Å²) in [6.07, 6.45) is 1.40. The van der Waals surface area contributed by atoms with Crippen molar-refractivity contribution >= 4 is 11.8 Å². The van der Waals surface area contributed by atoms with E-state index in [9.17, 15) is 0 Å². The van der Waals surface area contributed by atoms with E-state index < -0.39 is 0 Å². The molecule has 0 aromatic carbocycles. The average molecular weight is 185 g/mol. The van der Waals surface area contributed by atoms with Crippen molar-refractivity contribution in [2.45, 2.75) is 32.4 Å². The molecule has 1 heterocycles. The van der Waals surface area contributed by atoms with Crippen LogP contribution in [0.5, 0.6) is 0 Å². The lowest BCUT2D eigenvalue weighted by molar-refractivity contribution is 0.383. The van der Waals surface area contributed by atoms with Gasteiger partial charge in [-0.05, 0) is 35.5 Å². The number of rotatable bonds is 1. The van der Waals surface area contributed by atoms with Gasteiger partial charge in [-0.1, -0.05) is 20.8 Å². The van der Waals surface area contributed by atoms with Gasteiger partial charge >= 0.3 is 0 Å². The van der Waals surface area contributed by atoms with Crippen LogP contribution in [-0.4, -0.2) is 17.5 Å². The van der Waals surface area contributed by atoms with E-state index in [0.29, 0.717) is 10.8 Å². The SMILES string of the molecule is CC1SCCC12C(CN)C2(C)C. The predicted molar refractivity (Wildman–Crippen MR) is 55.3 cm³/mol. The fraction of sp³-hybridized carbons (Fsp3) is 1.00. The second kappa shape index (κ2) is 2.42. The predicted octanol–water partition coefficient (Wildman–Crippen LogP) is 2.11. The van der Waals surface area contributed by atoms with Crippen LogP contribution in [0.3, 0.4) is 0 Å². The van der Waals surface area contributed by atoms with E-state index in [1.165, 1.54) is 12.2 Å². The van der Waals surface area contributed by atoms with Crippen molar-refractivity contribution in [2.24, 2.45) is 22.5 Å². The Labute approximate surface area is 79.5 Å². The molecular formula is C10H19NS. The van der Waals surface area contributed by atoms with Gasteiger partial charge in [0.1, 0.15) is 0 Å². The Balaban J connectivity index is 2.24. The molecule has 0 radical (unpaired) electrons. The lowest BCUT2D eigenvalue weighted by Crippen LogP contribution is -2.17. The van der Waals surface area contributed by atoms with Gasteiger partial charge in [0.25, 0.3) is 0 Å². The fourth-order valence-corrected chi connectivity index (χ4v) is 5.26. The molecule has 0 amide bonds. The molecular weight excluding hydrogens is 166 g/mol. The molecule has 1 aliphatic carbocycles. The van der Waals surface area contributed by atoms with E-state index in [-0.39, 0.29) is 0 Å². The highest BCUT2D eigenvalue weighted by Crippen LogP contribution is 2.76. The zero-order chi connectivity index (χ0) is 8.98. The number of hydrogen-bond acceptors (Lipinski definition) is 2. The molecule has 12 heavy (non-hydrogen) atoms. The van der Waals surface area contributed by atoms with Crippen LogP contribution in [0.4, 0.5) is 0 Å². The van der Waals surface area contributed by atoms with Gasteiger partial charge in [-0.2, -0.15) is 11.8 Å². The minimum Gasteiger partial charge on any atom is -0.330 e. The summed E-state index contributed by atoms with van der Waals surface area (Å²) < 4.78 is 0. The minimum atomic E-state index is 0.519. The first-order chi connectivity index (χ1) is 5.57. The minimum absolute atomic E-state index is 0.519. The highest BCUT2D eigenvalue weighted by Gasteiger charge is 2.72. The highest BCUT2D eigenvalue weighted by molar-refractivity contribution is 8.00. The Bertz CT molecular complexity index is 202. The van der Waals surface area contributed by atoms with Crippen LogP contribution in [0.1, 0.15) is 27.2 Å². The summed E-state index contributed by atoms with van der Waals surface area (Å²) in [4.78, 5) is 0. The van der Waals surface area contributed by atoms with Gasteiger partial charge < -0.3 is 5.73 Å². The van der Waals surface area contributed by atoms with Crippen LogP contribution in [0.2, 0.25) is 0 Å². The van der Waals surface area contributed by atoms with Crippen LogP contribution in [0.15, 0.2) is 0 Å². The number of nitrogens with two attached hydrogens (primary N) is 1. The topological polar surface area (TPSA) is 26.0 Å². The third-order valence-corrected chi connectivity index (χ3v) is 5.81. The van der Waals surface area contributed by atoms with E-state index in [4.69, 9.17) is 5.73 Å². The van der Waals surface area contributed by atoms with Crippen LogP contribution >= 0.6 is 11.8 Å². The normalized spacial score (nSPS) is 50.0.